The van der Waals surface area contributed by atoms with E-state index in [0.29, 0.717) is 22.3 Å². The van der Waals surface area contributed by atoms with E-state index in [2.05, 4.69) is 10.2 Å². The number of benzene rings is 1. The number of alkyl halides is 2. The molecule has 0 saturated carbocycles. The molecule has 6 heteroatoms. The summed E-state index contributed by atoms with van der Waals surface area (Å²) in [4.78, 5) is 15.0. The SMILES string of the molecule is C[C@@H](C(=O)Nc1ccc(SC(F)F)cc1)N1CCCCCC1. The Morgan fingerprint density at radius 2 is 1.73 bits per heavy atom. The van der Waals surface area contributed by atoms with Gasteiger partial charge in [-0.05, 0) is 57.1 Å². The Morgan fingerprint density at radius 3 is 2.27 bits per heavy atom. The number of rotatable bonds is 5. The summed E-state index contributed by atoms with van der Waals surface area (Å²) in [5, 5.41) is 2.86. The van der Waals surface area contributed by atoms with E-state index in [1.165, 1.54) is 12.8 Å². The van der Waals surface area contributed by atoms with Gasteiger partial charge in [0.2, 0.25) is 5.91 Å². The van der Waals surface area contributed by atoms with Crippen LogP contribution in [0.3, 0.4) is 0 Å². The van der Waals surface area contributed by atoms with E-state index < -0.39 is 5.76 Å². The number of halogens is 2. The molecule has 1 N–H and O–H groups in total. The quantitative estimate of drug-likeness (QED) is 0.822. The molecule has 1 aromatic rings. The van der Waals surface area contributed by atoms with Crippen molar-refractivity contribution in [1.82, 2.24) is 4.90 Å². The predicted octanol–water partition coefficient (Wildman–Crippen LogP) is 4.20. The van der Waals surface area contributed by atoms with Crippen LogP contribution in [-0.2, 0) is 4.79 Å². The zero-order valence-corrected chi connectivity index (χ0v) is 13.5. The number of carbonyl (C=O) groups is 1. The Kier molecular flexibility index (Phi) is 6.64. The molecule has 1 aliphatic heterocycles. The van der Waals surface area contributed by atoms with Gasteiger partial charge in [-0.3, -0.25) is 9.69 Å². The van der Waals surface area contributed by atoms with Crippen LogP contribution in [0, 0.1) is 0 Å². The van der Waals surface area contributed by atoms with Gasteiger partial charge >= 0.3 is 0 Å². The van der Waals surface area contributed by atoms with Gasteiger partial charge in [0.1, 0.15) is 0 Å². The van der Waals surface area contributed by atoms with E-state index in [1.54, 1.807) is 24.3 Å². The molecule has 0 aliphatic carbocycles. The second kappa shape index (κ2) is 8.48. The number of nitrogens with zero attached hydrogens (tertiary/aromatic N) is 1. The third kappa shape index (κ3) is 5.25. The highest BCUT2D eigenvalue weighted by molar-refractivity contribution is 7.99. The lowest BCUT2D eigenvalue weighted by atomic mass is 10.2. The highest BCUT2D eigenvalue weighted by Gasteiger charge is 2.22. The first-order valence-corrected chi connectivity index (χ1v) is 8.54. The van der Waals surface area contributed by atoms with Crippen molar-refractivity contribution in [3.63, 3.8) is 0 Å². The topological polar surface area (TPSA) is 32.3 Å². The van der Waals surface area contributed by atoms with Crippen molar-refractivity contribution >= 4 is 23.4 Å². The molecule has 1 amide bonds. The number of anilines is 1. The molecule has 0 aromatic heterocycles. The van der Waals surface area contributed by atoms with Crippen LogP contribution in [-0.4, -0.2) is 35.7 Å². The van der Waals surface area contributed by atoms with Gasteiger partial charge in [0.05, 0.1) is 6.04 Å². The fourth-order valence-electron chi connectivity index (χ4n) is 2.61. The molecular formula is C16H22F2N2OS. The number of amides is 1. The van der Waals surface area contributed by atoms with Crippen LogP contribution >= 0.6 is 11.8 Å². The van der Waals surface area contributed by atoms with Gasteiger partial charge < -0.3 is 5.32 Å². The lowest BCUT2D eigenvalue weighted by Gasteiger charge is -2.26. The molecule has 1 fully saturated rings. The summed E-state index contributed by atoms with van der Waals surface area (Å²) >= 11 is 0.503. The number of nitrogens with one attached hydrogen (secondary N) is 1. The largest absolute Gasteiger partial charge is 0.325 e. The summed E-state index contributed by atoms with van der Waals surface area (Å²) in [5.74, 6) is -2.47. The third-order valence-corrected chi connectivity index (χ3v) is 4.64. The third-order valence-electron chi connectivity index (χ3n) is 3.91. The monoisotopic (exact) mass is 328 g/mol. The van der Waals surface area contributed by atoms with Crippen molar-refractivity contribution < 1.29 is 13.6 Å². The van der Waals surface area contributed by atoms with Crippen LogP contribution in [0.2, 0.25) is 0 Å². The molecule has 0 bridgehead atoms. The van der Waals surface area contributed by atoms with Crippen LogP contribution in [0.1, 0.15) is 32.6 Å². The van der Waals surface area contributed by atoms with Gasteiger partial charge in [0.15, 0.2) is 0 Å². The molecule has 3 nitrogen and oxygen atoms in total. The van der Waals surface area contributed by atoms with Crippen molar-refractivity contribution in [2.24, 2.45) is 0 Å². The van der Waals surface area contributed by atoms with Crippen LogP contribution in [0.4, 0.5) is 14.5 Å². The highest BCUT2D eigenvalue weighted by Crippen LogP contribution is 2.26. The van der Waals surface area contributed by atoms with Gasteiger partial charge in [0.25, 0.3) is 5.76 Å². The fraction of sp³-hybridized carbons (Fsp3) is 0.562. The molecule has 2 rings (SSSR count). The predicted molar refractivity (Wildman–Crippen MR) is 86.4 cm³/mol. The van der Waals surface area contributed by atoms with Crippen molar-refractivity contribution in [2.75, 3.05) is 18.4 Å². The molecule has 22 heavy (non-hydrogen) atoms. The highest BCUT2D eigenvalue weighted by atomic mass is 32.2. The molecule has 1 heterocycles. The van der Waals surface area contributed by atoms with E-state index in [1.807, 2.05) is 6.92 Å². The standard InChI is InChI=1S/C16H22F2N2OS/c1-12(20-10-4-2-3-5-11-20)15(21)19-13-6-8-14(9-7-13)22-16(17)18/h6-9,12,16H,2-5,10-11H2,1H3,(H,19,21)/t12-/m0/s1. The zero-order valence-electron chi connectivity index (χ0n) is 12.7. The number of thioether (sulfide) groups is 1. The maximum absolute atomic E-state index is 12.3. The Morgan fingerprint density at radius 1 is 1.14 bits per heavy atom. The van der Waals surface area contributed by atoms with E-state index in [0.717, 1.165) is 25.9 Å². The van der Waals surface area contributed by atoms with Gasteiger partial charge in [0, 0.05) is 10.6 Å². The Labute approximate surface area is 134 Å². The minimum absolute atomic E-state index is 0.0452. The summed E-state index contributed by atoms with van der Waals surface area (Å²) in [6.07, 6.45) is 4.73. The summed E-state index contributed by atoms with van der Waals surface area (Å²) in [6, 6.07) is 6.36. The molecule has 0 spiro atoms. The van der Waals surface area contributed by atoms with Crippen LogP contribution < -0.4 is 5.32 Å². The van der Waals surface area contributed by atoms with E-state index in [9.17, 15) is 13.6 Å². The molecule has 1 saturated heterocycles. The van der Waals surface area contributed by atoms with E-state index in [-0.39, 0.29) is 11.9 Å². The normalized spacial score (nSPS) is 18.0. The number of hydrogen-bond acceptors (Lipinski definition) is 3. The summed E-state index contributed by atoms with van der Waals surface area (Å²) in [7, 11) is 0. The zero-order chi connectivity index (χ0) is 15.9. The van der Waals surface area contributed by atoms with Crippen molar-refractivity contribution in [1.29, 1.82) is 0 Å². The van der Waals surface area contributed by atoms with Crippen molar-refractivity contribution in [3.8, 4) is 0 Å². The van der Waals surface area contributed by atoms with Gasteiger partial charge in [-0.2, -0.15) is 8.78 Å². The van der Waals surface area contributed by atoms with E-state index in [4.69, 9.17) is 0 Å². The summed E-state index contributed by atoms with van der Waals surface area (Å²) in [6.45, 7) is 3.83. The average Bonchev–Trinajstić information content (AvgIpc) is 2.77. The maximum Gasteiger partial charge on any atom is 0.288 e. The maximum atomic E-state index is 12.3. The fourth-order valence-corrected chi connectivity index (χ4v) is 3.11. The molecule has 1 aromatic carbocycles. The number of hydrogen-bond donors (Lipinski definition) is 1. The average molecular weight is 328 g/mol. The number of likely N-dealkylation sites (tertiary alicyclic amines) is 1. The lowest BCUT2D eigenvalue weighted by molar-refractivity contribution is -0.120. The van der Waals surface area contributed by atoms with Crippen molar-refractivity contribution in [3.05, 3.63) is 24.3 Å². The van der Waals surface area contributed by atoms with Gasteiger partial charge in [-0.1, -0.05) is 24.6 Å². The Balaban J connectivity index is 1.90. The molecule has 1 aliphatic rings. The lowest BCUT2D eigenvalue weighted by Crippen LogP contribution is -2.42. The Bertz CT molecular complexity index is 474. The number of carbonyl (C=O) groups excluding carboxylic acids is 1. The second-order valence-electron chi connectivity index (χ2n) is 5.52. The first-order valence-electron chi connectivity index (χ1n) is 7.66. The van der Waals surface area contributed by atoms with Gasteiger partial charge in [-0.15, -0.1) is 0 Å². The molecule has 122 valence electrons. The molecular weight excluding hydrogens is 306 g/mol. The summed E-state index contributed by atoms with van der Waals surface area (Å²) in [5.41, 5.74) is 0.644. The smallest absolute Gasteiger partial charge is 0.288 e. The van der Waals surface area contributed by atoms with Crippen LogP contribution in [0.5, 0.6) is 0 Å². The van der Waals surface area contributed by atoms with Crippen LogP contribution in [0.25, 0.3) is 0 Å². The molecule has 0 radical (unpaired) electrons. The molecule has 1 atom stereocenters. The first kappa shape index (κ1) is 17.2. The first-order chi connectivity index (χ1) is 10.6. The van der Waals surface area contributed by atoms with E-state index >= 15 is 0 Å². The van der Waals surface area contributed by atoms with Gasteiger partial charge in [-0.25, -0.2) is 0 Å². The summed E-state index contributed by atoms with van der Waals surface area (Å²) < 4.78 is 24.5. The minimum Gasteiger partial charge on any atom is -0.325 e. The second-order valence-corrected chi connectivity index (χ2v) is 6.58. The Hall–Kier alpha value is -1.14. The van der Waals surface area contributed by atoms with Crippen molar-refractivity contribution in [2.45, 2.75) is 49.3 Å². The minimum atomic E-state index is -2.43. The van der Waals surface area contributed by atoms with Crippen LogP contribution in [0.15, 0.2) is 29.2 Å². The molecule has 0 unspecified atom stereocenters.